The number of ether oxygens (including phenoxy) is 1. The van der Waals surface area contributed by atoms with Crippen LogP contribution in [0.4, 0.5) is 0 Å². The lowest BCUT2D eigenvalue weighted by Crippen LogP contribution is -2.40. The average molecular weight is 276 g/mol. The molecule has 20 heavy (non-hydrogen) atoms. The summed E-state index contributed by atoms with van der Waals surface area (Å²) in [5.41, 5.74) is 1.18. The van der Waals surface area contributed by atoms with Crippen LogP contribution in [-0.4, -0.2) is 44.1 Å². The van der Waals surface area contributed by atoms with Gasteiger partial charge in [0.05, 0.1) is 6.54 Å². The quantitative estimate of drug-likeness (QED) is 0.892. The fourth-order valence-corrected chi connectivity index (χ4v) is 2.50. The number of nitrogens with zero attached hydrogens (tertiary/aromatic N) is 1. The van der Waals surface area contributed by atoms with Crippen molar-refractivity contribution >= 4 is 5.91 Å². The number of benzene rings is 1. The lowest BCUT2D eigenvalue weighted by molar-refractivity contribution is -0.135. The van der Waals surface area contributed by atoms with Gasteiger partial charge < -0.3 is 15.0 Å². The SMILES string of the molecule is Cc1cccc(OCCN(C)C(=O)C2CCNCC2)c1. The van der Waals surface area contributed by atoms with Gasteiger partial charge in [-0.1, -0.05) is 12.1 Å². The highest BCUT2D eigenvalue weighted by molar-refractivity contribution is 5.78. The molecule has 4 heteroatoms. The van der Waals surface area contributed by atoms with Crippen molar-refractivity contribution in [3.05, 3.63) is 29.8 Å². The molecule has 1 aliphatic rings. The Morgan fingerprint density at radius 3 is 2.85 bits per heavy atom. The minimum absolute atomic E-state index is 0.181. The van der Waals surface area contributed by atoms with E-state index in [1.807, 2.05) is 38.2 Å². The van der Waals surface area contributed by atoms with E-state index in [1.54, 1.807) is 4.90 Å². The van der Waals surface area contributed by atoms with Gasteiger partial charge in [-0.05, 0) is 50.6 Å². The van der Waals surface area contributed by atoms with Crippen molar-refractivity contribution in [3.8, 4) is 5.75 Å². The Hall–Kier alpha value is -1.55. The van der Waals surface area contributed by atoms with E-state index in [0.29, 0.717) is 13.2 Å². The van der Waals surface area contributed by atoms with Crippen LogP contribution in [0.2, 0.25) is 0 Å². The third-order valence-electron chi connectivity index (χ3n) is 3.75. The Bertz CT molecular complexity index is 442. The molecule has 1 heterocycles. The molecule has 0 saturated carbocycles. The number of aryl methyl sites for hydroxylation is 1. The molecule has 4 nitrogen and oxygen atoms in total. The van der Waals surface area contributed by atoms with Crippen LogP contribution in [0.5, 0.6) is 5.75 Å². The molecule has 0 spiro atoms. The van der Waals surface area contributed by atoms with E-state index < -0.39 is 0 Å². The van der Waals surface area contributed by atoms with Crippen molar-refractivity contribution in [3.63, 3.8) is 0 Å². The zero-order valence-corrected chi connectivity index (χ0v) is 12.4. The second kappa shape index (κ2) is 7.29. The molecule has 0 aromatic heterocycles. The second-order valence-electron chi connectivity index (χ2n) is 5.45. The fourth-order valence-electron chi connectivity index (χ4n) is 2.50. The summed E-state index contributed by atoms with van der Waals surface area (Å²) in [5.74, 6) is 1.30. The van der Waals surface area contributed by atoms with Crippen molar-refractivity contribution in [2.75, 3.05) is 33.3 Å². The van der Waals surface area contributed by atoms with Gasteiger partial charge in [0, 0.05) is 13.0 Å². The molecule has 1 aromatic rings. The van der Waals surface area contributed by atoms with Gasteiger partial charge in [0.1, 0.15) is 12.4 Å². The lowest BCUT2D eigenvalue weighted by Gasteiger charge is -2.26. The number of hydrogen-bond acceptors (Lipinski definition) is 3. The van der Waals surface area contributed by atoms with Crippen molar-refractivity contribution < 1.29 is 9.53 Å². The zero-order chi connectivity index (χ0) is 14.4. The van der Waals surface area contributed by atoms with Gasteiger partial charge in [-0.25, -0.2) is 0 Å². The van der Waals surface area contributed by atoms with Gasteiger partial charge in [0.15, 0.2) is 0 Å². The number of nitrogens with one attached hydrogen (secondary N) is 1. The van der Waals surface area contributed by atoms with Crippen LogP contribution in [-0.2, 0) is 4.79 Å². The summed E-state index contributed by atoms with van der Waals surface area (Å²) in [7, 11) is 1.87. The number of carbonyl (C=O) groups is 1. The van der Waals surface area contributed by atoms with E-state index in [0.717, 1.165) is 31.7 Å². The zero-order valence-electron chi connectivity index (χ0n) is 12.4. The first kappa shape index (κ1) is 14.9. The maximum atomic E-state index is 12.2. The normalized spacial score (nSPS) is 15.9. The van der Waals surface area contributed by atoms with Gasteiger partial charge in [0.25, 0.3) is 0 Å². The molecule has 2 rings (SSSR count). The summed E-state index contributed by atoms with van der Waals surface area (Å²) in [6.45, 7) is 5.11. The van der Waals surface area contributed by atoms with Crippen LogP contribution in [0, 0.1) is 12.8 Å². The van der Waals surface area contributed by atoms with Gasteiger partial charge in [-0.15, -0.1) is 0 Å². The first-order valence-electron chi connectivity index (χ1n) is 7.32. The van der Waals surface area contributed by atoms with E-state index in [4.69, 9.17) is 4.74 Å². The van der Waals surface area contributed by atoms with Crippen molar-refractivity contribution in [1.29, 1.82) is 0 Å². The van der Waals surface area contributed by atoms with Crippen molar-refractivity contribution in [1.82, 2.24) is 10.2 Å². The largest absolute Gasteiger partial charge is 0.492 e. The predicted octanol–water partition coefficient (Wildman–Crippen LogP) is 1.83. The molecule has 110 valence electrons. The summed E-state index contributed by atoms with van der Waals surface area (Å²) >= 11 is 0. The summed E-state index contributed by atoms with van der Waals surface area (Å²) in [5, 5.41) is 3.28. The summed E-state index contributed by atoms with van der Waals surface area (Å²) in [6, 6.07) is 7.98. The fraction of sp³-hybridized carbons (Fsp3) is 0.562. The summed E-state index contributed by atoms with van der Waals surface area (Å²) in [4.78, 5) is 14.0. The molecule has 0 unspecified atom stereocenters. The van der Waals surface area contributed by atoms with Crippen molar-refractivity contribution in [2.24, 2.45) is 5.92 Å². The lowest BCUT2D eigenvalue weighted by atomic mass is 9.97. The van der Waals surface area contributed by atoms with Crippen LogP contribution in [0.25, 0.3) is 0 Å². The maximum Gasteiger partial charge on any atom is 0.225 e. The highest BCUT2D eigenvalue weighted by Crippen LogP contribution is 2.15. The Morgan fingerprint density at radius 1 is 1.40 bits per heavy atom. The van der Waals surface area contributed by atoms with Crippen LogP contribution in [0.15, 0.2) is 24.3 Å². The number of piperidine rings is 1. The van der Waals surface area contributed by atoms with E-state index in [2.05, 4.69) is 5.32 Å². The van der Waals surface area contributed by atoms with Crippen LogP contribution < -0.4 is 10.1 Å². The van der Waals surface area contributed by atoms with Crippen LogP contribution in [0.1, 0.15) is 18.4 Å². The van der Waals surface area contributed by atoms with Gasteiger partial charge >= 0.3 is 0 Å². The first-order valence-corrected chi connectivity index (χ1v) is 7.32. The average Bonchev–Trinajstić information content (AvgIpc) is 2.47. The highest BCUT2D eigenvalue weighted by atomic mass is 16.5. The number of hydrogen-bond donors (Lipinski definition) is 1. The topological polar surface area (TPSA) is 41.6 Å². The molecule has 0 atom stereocenters. The number of amides is 1. The Morgan fingerprint density at radius 2 is 2.15 bits per heavy atom. The van der Waals surface area contributed by atoms with Gasteiger partial charge in [-0.3, -0.25) is 4.79 Å². The Kier molecular flexibility index (Phi) is 5.41. The van der Waals surface area contributed by atoms with E-state index in [-0.39, 0.29) is 11.8 Å². The number of likely N-dealkylation sites (N-methyl/N-ethyl adjacent to an activating group) is 1. The molecule has 1 saturated heterocycles. The van der Waals surface area contributed by atoms with Crippen molar-refractivity contribution in [2.45, 2.75) is 19.8 Å². The maximum absolute atomic E-state index is 12.2. The summed E-state index contributed by atoms with van der Waals surface area (Å²) < 4.78 is 5.69. The molecule has 1 aliphatic heterocycles. The Balaban J connectivity index is 1.74. The van der Waals surface area contributed by atoms with Crippen LogP contribution in [0.3, 0.4) is 0 Å². The highest BCUT2D eigenvalue weighted by Gasteiger charge is 2.23. The molecular weight excluding hydrogens is 252 g/mol. The minimum Gasteiger partial charge on any atom is -0.492 e. The third kappa shape index (κ3) is 4.23. The molecule has 0 radical (unpaired) electrons. The van der Waals surface area contributed by atoms with E-state index in [9.17, 15) is 4.79 Å². The first-order chi connectivity index (χ1) is 9.66. The molecule has 1 amide bonds. The van der Waals surface area contributed by atoms with Gasteiger partial charge in [-0.2, -0.15) is 0 Å². The summed E-state index contributed by atoms with van der Waals surface area (Å²) in [6.07, 6.45) is 1.89. The molecule has 1 aromatic carbocycles. The number of rotatable bonds is 5. The standard InChI is InChI=1S/C16H24N2O2/c1-13-4-3-5-15(12-13)20-11-10-18(2)16(19)14-6-8-17-9-7-14/h3-5,12,14,17H,6-11H2,1-2H3. The predicted molar refractivity (Wildman–Crippen MR) is 79.9 cm³/mol. The molecular formula is C16H24N2O2. The Labute approximate surface area is 121 Å². The molecule has 0 aliphatic carbocycles. The van der Waals surface area contributed by atoms with Crippen LogP contribution >= 0.6 is 0 Å². The number of carbonyl (C=O) groups excluding carboxylic acids is 1. The third-order valence-corrected chi connectivity index (χ3v) is 3.75. The molecule has 0 bridgehead atoms. The minimum atomic E-state index is 0.181. The monoisotopic (exact) mass is 276 g/mol. The smallest absolute Gasteiger partial charge is 0.225 e. The van der Waals surface area contributed by atoms with Gasteiger partial charge in [0.2, 0.25) is 5.91 Å². The second-order valence-corrected chi connectivity index (χ2v) is 5.45. The molecule has 1 N–H and O–H groups in total. The van der Waals surface area contributed by atoms with E-state index >= 15 is 0 Å². The molecule has 1 fully saturated rings. The van der Waals surface area contributed by atoms with E-state index in [1.165, 1.54) is 5.56 Å².